The van der Waals surface area contributed by atoms with Crippen molar-refractivity contribution < 1.29 is 42.6 Å². The van der Waals surface area contributed by atoms with Gasteiger partial charge in [0.15, 0.2) is 26.2 Å². The molecule has 0 aliphatic rings. The zero-order valence-electron chi connectivity index (χ0n) is 42.1. The summed E-state index contributed by atoms with van der Waals surface area (Å²) in [6, 6.07) is 0. The first-order valence-corrected chi connectivity index (χ1v) is 26.7. The average Bonchev–Trinajstić information content (AvgIpc) is 3.26. The molecule has 0 bridgehead atoms. The fraction of sp³-hybridized carbons (Fsp3) is 1.00. The molecule has 0 aromatic carbocycles. The van der Waals surface area contributed by atoms with Crippen molar-refractivity contribution in [2.75, 3.05) is 40.0 Å². The topological polar surface area (TPSA) is 83.1 Å². The normalized spacial score (nSPS) is 13.4. The molecule has 9 nitrogen and oxygen atoms in total. The Kier molecular flexibility index (Phi) is 45.9. The van der Waals surface area contributed by atoms with Crippen molar-refractivity contribution >= 4 is 0 Å². The maximum Gasteiger partial charge on any atom is 0.285 e. The van der Waals surface area contributed by atoms with Gasteiger partial charge < -0.3 is 33.2 Å². The summed E-state index contributed by atoms with van der Waals surface area (Å²) in [6.07, 6.45) is 35.2. The maximum atomic E-state index is 6.87. The number of hydrogen-bond acceptors (Lipinski definition) is 9. The van der Waals surface area contributed by atoms with Crippen molar-refractivity contribution in [3.8, 4) is 0 Å². The zero-order valence-corrected chi connectivity index (χ0v) is 42.1. The quantitative estimate of drug-likeness (QED) is 0.0438. The molecule has 0 radical (unpaired) electrons. The minimum absolute atomic E-state index is 0.0292. The maximum absolute atomic E-state index is 6.87. The smallest absolute Gasteiger partial charge is 0.285 e. The second-order valence-corrected chi connectivity index (χ2v) is 17.5. The van der Waals surface area contributed by atoms with Crippen LogP contribution >= 0.6 is 0 Å². The van der Waals surface area contributed by atoms with E-state index in [9.17, 15) is 0 Å². The number of unbranched alkanes of at least 4 members (excludes halogenated alkanes) is 22. The summed E-state index contributed by atoms with van der Waals surface area (Å²) in [6.45, 7) is 20.4. The SMILES string of the molecule is CCCCCCOC(CCCCCC)(OCCCCCC)OC(CCCCC)OCOCOC(CCCCC)OC(CCCCCC)(OCCCCCC)OCCCCCC. The van der Waals surface area contributed by atoms with Gasteiger partial charge in [-0.25, -0.2) is 0 Å². The van der Waals surface area contributed by atoms with Gasteiger partial charge in [-0.05, 0) is 64.2 Å². The van der Waals surface area contributed by atoms with Gasteiger partial charge >= 0.3 is 0 Å². The minimum atomic E-state index is -1.13. The number of rotatable bonds is 52. The van der Waals surface area contributed by atoms with Gasteiger partial charge in [0, 0.05) is 12.8 Å². The number of ether oxygens (including phenoxy) is 9. The molecule has 2 unspecified atom stereocenters. The van der Waals surface area contributed by atoms with E-state index in [1.54, 1.807) is 0 Å². The molecule has 0 aromatic heterocycles. The molecule has 0 rings (SSSR count). The highest BCUT2D eigenvalue weighted by molar-refractivity contribution is 4.65. The van der Waals surface area contributed by atoms with E-state index in [0.717, 1.165) is 128 Å². The molecular weight excluding hydrogens is 769 g/mol. The predicted molar refractivity (Wildman–Crippen MR) is 254 cm³/mol. The average molecular weight is 875 g/mol. The van der Waals surface area contributed by atoms with Gasteiger partial charge in [-0.3, -0.25) is 9.47 Å². The van der Waals surface area contributed by atoms with Crippen LogP contribution in [0.2, 0.25) is 0 Å². The summed E-state index contributed by atoms with van der Waals surface area (Å²) >= 11 is 0. The van der Waals surface area contributed by atoms with E-state index >= 15 is 0 Å². The third kappa shape index (κ3) is 36.5. The van der Waals surface area contributed by atoms with Crippen molar-refractivity contribution in [3.05, 3.63) is 0 Å². The molecular formula is C52H106O9. The lowest BCUT2D eigenvalue weighted by atomic mass is 10.1. The summed E-state index contributed by atoms with van der Waals surface area (Å²) in [5.41, 5.74) is 0. The molecule has 0 fully saturated rings. The molecule has 0 aliphatic heterocycles. The Balaban J connectivity index is 6.09. The first-order valence-electron chi connectivity index (χ1n) is 26.7. The van der Waals surface area contributed by atoms with Gasteiger partial charge in [0.1, 0.15) is 0 Å². The van der Waals surface area contributed by atoms with Gasteiger partial charge in [0.05, 0.1) is 26.4 Å². The van der Waals surface area contributed by atoms with Crippen molar-refractivity contribution in [2.24, 2.45) is 0 Å². The molecule has 2 atom stereocenters. The third-order valence-corrected chi connectivity index (χ3v) is 11.3. The van der Waals surface area contributed by atoms with Crippen LogP contribution in [0, 0.1) is 0 Å². The zero-order chi connectivity index (χ0) is 44.8. The van der Waals surface area contributed by atoms with Crippen molar-refractivity contribution in [2.45, 2.75) is 298 Å². The van der Waals surface area contributed by atoms with Crippen molar-refractivity contribution in [1.29, 1.82) is 0 Å². The Hall–Kier alpha value is -0.360. The fourth-order valence-corrected chi connectivity index (χ4v) is 7.35. The molecule has 61 heavy (non-hydrogen) atoms. The lowest BCUT2D eigenvalue weighted by molar-refractivity contribution is -0.432. The third-order valence-electron chi connectivity index (χ3n) is 11.3. The molecule has 0 saturated carbocycles. The highest BCUT2D eigenvalue weighted by Crippen LogP contribution is 2.31. The summed E-state index contributed by atoms with van der Waals surface area (Å²) in [5, 5.41) is 0. The lowest BCUT2D eigenvalue weighted by Crippen LogP contribution is -2.44. The summed E-state index contributed by atoms with van der Waals surface area (Å²) < 4.78 is 59.3. The van der Waals surface area contributed by atoms with Crippen LogP contribution in [0.1, 0.15) is 274 Å². The molecule has 0 amide bonds. The molecule has 0 heterocycles. The first-order chi connectivity index (χ1) is 29.9. The first kappa shape index (κ1) is 60.6. The second kappa shape index (κ2) is 46.2. The van der Waals surface area contributed by atoms with E-state index in [0.29, 0.717) is 39.3 Å². The van der Waals surface area contributed by atoms with E-state index in [4.69, 9.17) is 42.6 Å². The molecule has 0 N–H and O–H groups in total. The Labute approximate surface area is 379 Å². The van der Waals surface area contributed by atoms with Crippen LogP contribution in [0.3, 0.4) is 0 Å². The van der Waals surface area contributed by atoms with Gasteiger partial charge in [0.25, 0.3) is 11.9 Å². The van der Waals surface area contributed by atoms with Crippen LogP contribution in [0.4, 0.5) is 0 Å². The fourth-order valence-electron chi connectivity index (χ4n) is 7.35. The Morgan fingerprint density at radius 3 is 0.836 bits per heavy atom. The molecule has 0 aliphatic carbocycles. The van der Waals surface area contributed by atoms with E-state index < -0.39 is 24.5 Å². The highest BCUT2D eigenvalue weighted by atomic mass is 16.9. The van der Waals surface area contributed by atoms with Gasteiger partial charge in [0.2, 0.25) is 0 Å². The Morgan fingerprint density at radius 2 is 0.557 bits per heavy atom. The molecule has 9 heteroatoms. The molecule has 0 spiro atoms. The number of hydrogen-bond donors (Lipinski definition) is 0. The summed E-state index contributed by atoms with van der Waals surface area (Å²) in [7, 11) is 0. The standard InChI is InChI=1S/C52H106O9/c1-9-17-25-33-41-51(56-43-35-27-19-11-3,57-44-36-28-20-12-4)60-49(39-31-23-15-7)54-47-53-48-55-50(40-32-24-16-8)61-52(42-34-26-18-10-2,58-45-37-29-21-13-5)59-46-38-30-22-14-6/h49-50H,9-48H2,1-8H3. The second-order valence-electron chi connectivity index (χ2n) is 17.5. The summed E-state index contributed by atoms with van der Waals surface area (Å²) in [4.78, 5) is 0. The van der Waals surface area contributed by atoms with Crippen LogP contribution in [0.5, 0.6) is 0 Å². The van der Waals surface area contributed by atoms with E-state index in [-0.39, 0.29) is 13.6 Å². The van der Waals surface area contributed by atoms with Gasteiger partial charge in [-0.2, -0.15) is 0 Å². The van der Waals surface area contributed by atoms with E-state index in [1.807, 2.05) is 0 Å². The monoisotopic (exact) mass is 875 g/mol. The van der Waals surface area contributed by atoms with Crippen molar-refractivity contribution in [1.82, 2.24) is 0 Å². The highest BCUT2D eigenvalue weighted by Gasteiger charge is 2.38. The van der Waals surface area contributed by atoms with E-state index in [2.05, 4.69) is 55.4 Å². The predicted octanol–water partition coefficient (Wildman–Crippen LogP) is 16.4. The van der Waals surface area contributed by atoms with Crippen LogP contribution < -0.4 is 0 Å². The molecule has 368 valence electrons. The van der Waals surface area contributed by atoms with Crippen LogP contribution in [0.15, 0.2) is 0 Å². The Bertz CT molecular complexity index is 752. The minimum Gasteiger partial charge on any atom is -0.329 e. The van der Waals surface area contributed by atoms with Crippen molar-refractivity contribution in [3.63, 3.8) is 0 Å². The van der Waals surface area contributed by atoms with Gasteiger partial charge in [-0.1, -0.05) is 197 Å². The van der Waals surface area contributed by atoms with E-state index in [1.165, 1.54) is 77.0 Å². The Morgan fingerprint density at radius 1 is 0.295 bits per heavy atom. The largest absolute Gasteiger partial charge is 0.329 e. The summed E-state index contributed by atoms with van der Waals surface area (Å²) in [5.74, 6) is -2.27. The molecule has 0 saturated heterocycles. The van der Waals surface area contributed by atoms with Gasteiger partial charge in [-0.15, -0.1) is 0 Å². The van der Waals surface area contributed by atoms with Crippen LogP contribution in [0.25, 0.3) is 0 Å². The van der Waals surface area contributed by atoms with Crippen LogP contribution in [-0.4, -0.2) is 64.5 Å². The molecule has 0 aromatic rings. The lowest BCUT2D eigenvalue weighted by Gasteiger charge is -2.37. The van der Waals surface area contributed by atoms with Crippen LogP contribution in [-0.2, 0) is 42.6 Å².